The van der Waals surface area contributed by atoms with E-state index in [1.165, 1.54) is 23.9 Å². The maximum Gasteiger partial charge on any atom is 0.238 e. The van der Waals surface area contributed by atoms with E-state index in [4.69, 9.17) is 5.26 Å². The lowest BCUT2D eigenvalue weighted by Gasteiger charge is -2.26. The summed E-state index contributed by atoms with van der Waals surface area (Å²) < 4.78 is 13.6. The molecule has 1 atom stereocenters. The van der Waals surface area contributed by atoms with Crippen LogP contribution in [0, 0.1) is 24.1 Å². The van der Waals surface area contributed by atoms with Crippen molar-refractivity contribution in [3.8, 4) is 6.07 Å². The van der Waals surface area contributed by atoms with Crippen molar-refractivity contribution < 1.29 is 9.18 Å². The quantitative estimate of drug-likeness (QED) is 0.847. The smallest absolute Gasteiger partial charge is 0.238 e. The fourth-order valence-corrected chi connectivity index (χ4v) is 3.66. The van der Waals surface area contributed by atoms with Crippen molar-refractivity contribution in [1.29, 1.82) is 5.26 Å². The number of nitriles is 1. The van der Waals surface area contributed by atoms with Crippen LogP contribution in [0.5, 0.6) is 0 Å². The van der Waals surface area contributed by atoms with E-state index in [9.17, 15) is 9.18 Å². The van der Waals surface area contributed by atoms with Gasteiger partial charge in [0.1, 0.15) is 11.2 Å². The molecule has 0 aliphatic carbocycles. The summed E-state index contributed by atoms with van der Waals surface area (Å²) in [6.07, 6.45) is 0. The zero-order valence-electron chi connectivity index (χ0n) is 11.9. The van der Waals surface area contributed by atoms with Gasteiger partial charge in [-0.1, -0.05) is 18.2 Å². The van der Waals surface area contributed by atoms with Gasteiger partial charge in [-0.25, -0.2) is 4.39 Å². The van der Waals surface area contributed by atoms with Gasteiger partial charge in [0.25, 0.3) is 0 Å². The highest BCUT2D eigenvalue weighted by molar-refractivity contribution is 8.00. The normalized spacial score (nSPS) is 17.6. The second-order valence-corrected chi connectivity index (χ2v) is 6.16. The number of carbonyl (C=O) groups is 1. The first-order valence-corrected chi connectivity index (χ1v) is 7.85. The summed E-state index contributed by atoms with van der Waals surface area (Å²) in [7, 11) is 0. The van der Waals surface area contributed by atoms with Gasteiger partial charge in [0.2, 0.25) is 5.91 Å². The summed E-state index contributed by atoms with van der Waals surface area (Å²) in [5, 5.41) is 8.68. The molecule has 1 aliphatic heterocycles. The number of benzene rings is 2. The fourth-order valence-electron chi connectivity index (χ4n) is 2.50. The second-order valence-electron chi connectivity index (χ2n) is 5.09. The first-order valence-electron chi connectivity index (χ1n) is 6.80. The van der Waals surface area contributed by atoms with Crippen LogP contribution in [0.4, 0.5) is 10.1 Å². The number of hydrogen-bond acceptors (Lipinski definition) is 3. The van der Waals surface area contributed by atoms with Crippen LogP contribution in [0.25, 0.3) is 0 Å². The lowest BCUT2D eigenvalue weighted by molar-refractivity contribution is -0.115. The molecule has 0 saturated carbocycles. The van der Waals surface area contributed by atoms with Crippen LogP contribution >= 0.6 is 11.8 Å². The number of carbonyl (C=O) groups excluding carboxylic acids is 1. The number of amides is 1. The van der Waals surface area contributed by atoms with Crippen LogP contribution in [0.2, 0.25) is 0 Å². The average Bonchev–Trinajstić information content (AvgIpc) is 2.91. The molecular formula is C17H13FN2OS. The van der Waals surface area contributed by atoms with Gasteiger partial charge < -0.3 is 0 Å². The van der Waals surface area contributed by atoms with Crippen molar-refractivity contribution in [2.75, 3.05) is 10.7 Å². The summed E-state index contributed by atoms with van der Waals surface area (Å²) in [4.78, 5) is 13.9. The van der Waals surface area contributed by atoms with Crippen molar-refractivity contribution in [3.63, 3.8) is 0 Å². The standard InChI is InChI=1S/C17H13FN2OS/c1-11-2-7-14(18)8-15(11)20-16(21)10-22-17(20)13-5-3-12(9-19)4-6-13/h2-8,17H,10H2,1H3. The molecule has 1 fully saturated rings. The molecule has 1 saturated heterocycles. The first-order chi connectivity index (χ1) is 10.6. The maximum absolute atomic E-state index is 13.6. The molecule has 2 aromatic carbocycles. The predicted octanol–water partition coefficient (Wildman–Crippen LogP) is 3.78. The number of rotatable bonds is 2. The number of nitrogens with zero attached hydrogens (tertiary/aromatic N) is 2. The van der Waals surface area contributed by atoms with E-state index >= 15 is 0 Å². The van der Waals surface area contributed by atoms with E-state index in [0.717, 1.165) is 11.1 Å². The fraction of sp³-hybridized carbons (Fsp3) is 0.176. The largest absolute Gasteiger partial charge is 0.295 e. The summed E-state index contributed by atoms with van der Waals surface area (Å²) in [5.74, 6) is -0.0300. The van der Waals surface area contributed by atoms with Crippen LogP contribution in [0.15, 0.2) is 42.5 Å². The highest BCUT2D eigenvalue weighted by Gasteiger charge is 2.34. The van der Waals surface area contributed by atoms with E-state index in [0.29, 0.717) is 17.0 Å². The maximum atomic E-state index is 13.6. The Hall–Kier alpha value is -2.32. The number of anilines is 1. The molecule has 0 radical (unpaired) electrons. The third kappa shape index (κ3) is 2.58. The SMILES string of the molecule is Cc1ccc(F)cc1N1C(=O)CSC1c1ccc(C#N)cc1. The van der Waals surface area contributed by atoms with Gasteiger partial charge in [0.05, 0.1) is 23.1 Å². The lowest BCUT2D eigenvalue weighted by atomic mass is 10.1. The molecule has 1 heterocycles. The highest BCUT2D eigenvalue weighted by Crippen LogP contribution is 2.42. The van der Waals surface area contributed by atoms with Gasteiger partial charge in [-0.3, -0.25) is 9.69 Å². The van der Waals surface area contributed by atoms with Gasteiger partial charge in [0.15, 0.2) is 0 Å². The summed E-state index contributed by atoms with van der Waals surface area (Å²) in [6.45, 7) is 1.86. The zero-order chi connectivity index (χ0) is 15.7. The number of thioether (sulfide) groups is 1. The molecule has 5 heteroatoms. The van der Waals surface area contributed by atoms with Crippen LogP contribution < -0.4 is 4.90 Å². The Bertz CT molecular complexity index is 767. The molecule has 0 N–H and O–H groups in total. The van der Waals surface area contributed by atoms with Gasteiger partial charge >= 0.3 is 0 Å². The molecule has 3 nitrogen and oxygen atoms in total. The molecule has 1 amide bonds. The molecule has 0 bridgehead atoms. The average molecular weight is 312 g/mol. The molecule has 2 aromatic rings. The van der Waals surface area contributed by atoms with Crippen molar-refractivity contribution in [2.45, 2.75) is 12.3 Å². The van der Waals surface area contributed by atoms with Gasteiger partial charge in [-0.2, -0.15) is 5.26 Å². The second kappa shape index (κ2) is 5.82. The lowest BCUT2D eigenvalue weighted by Crippen LogP contribution is -2.28. The Morgan fingerprint density at radius 1 is 1.27 bits per heavy atom. The Balaban J connectivity index is 2.02. The molecule has 0 aromatic heterocycles. The van der Waals surface area contributed by atoms with Crippen molar-refractivity contribution in [3.05, 3.63) is 65.0 Å². The predicted molar refractivity (Wildman–Crippen MR) is 85.0 cm³/mol. The molecule has 22 heavy (non-hydrogen) atoms. The van der Waals surface area contributed by atoms with Crippen molar-refractivity contribution >= 4 is 23.4 Å². The molecule has 3 rings (SSSR count). The number of aryl methyl sites for hydroxylation is 1. The van der Waals surface area contributed by atoms with E-state index in [1.54, 1.807) is 23.1 Å². The van der Waals surface area contributed by atoms with Crippen LogP contribution in [0.3, 0.4) is 0 Å². The summed E-state index contributed by atoms with van der Waals surface area (Å²) >= 11 is 1.51. The topological polar surface area (TPSA) is 44.1 Å². The van der Waals surface area contributed by atoms with Crippen molar-refractivity contribution in [1.82, 2.24) is 0 Å². The van der Waals surface area contributed by atoms with Crippen molar-refractivity contribution in [2.24, 2.45) is 0 Å². The monoisotopic (exact) mass is 312 g/mol. The van der Waals surface area contributed by atoms with Gasteiger partial charge in [0, 0.05) is 0 Å². The minimum Gasteiger partial charge on any atom is -0.295 e. The number of hydrogen-bond donors (Lipinski definition) is 0. The minimum atomic E-state index is -0.358. The minimum absolute atomic E-state index is 0.0342. The number of halogens is 1. The Morgan fingerprint density at radius 3 is 2.68 bits per heavy atom. The Morgan fingerprint density at radius 2 is 2.00 bits per heavy atom. The summed E-state index contributed by atoms with van der Waals surface area (Å²) in [5.41, 5.74) is 2.96. The zero-order valence-corrected chi connectivity index (χ0v) is 12.7. The van der Waals surface area contributed by atoms with Gasteiger partial charge in [-0.15, -0.1) is 11.8 Å². The summed E-state index contributed by atoms with van der Waals surface area (Å²) in [6, 6.07) is 13.7. The van der Waals surface area contributed by atoms with Crippen LogP contribution in [-0.2, 0) is 4.79 Å². The van der Waals surface area contributed by atoms with E-state index < -0.39 is 0 Å². The highest BCUT2D eigenvalue weighted by atomic mass is 32.2. The molecular weight excluding hydrogens is 299 g/mol. The molecule has 110 valence electrons. The van der Waals surface area contributed by atoms with E-state index in [1.807, 2.05) is 19.1 Å². The third-order valence-electron chi connectivity index (χ3n) is 3.62. The van der Waals surface area contributed by atoms with Crippen LogP contribution in [-0.4, -0.2) is 11.7 Å². The van der Waals surface area contributed by atoms with E-state index in [2.05, 4.69) is 6.07 Å². The molecule has 0 spiro atoms. The Kier molecular flexibility index (Phi) is 3.86. The molecule has 1 unspecified atom stereocenters. The van der Waals surface area contributed by atoms with Gasteiger partial charge in [-0.05, 0) is 42.3 Å². The first kappa shape index (κ1) is 14.6. The molecule has 1 aliphatic rings. The third-order valence-corrected chi connectivity index (χ3v) is 4.84. The Labute approximate surface area is 132 Å². The van der Waals surface area contributed by atoms with Crippen LogP contribution in [0.1, 0.15) is 22.1 Å². The van der Waals surface area contributed by atoms with E-state index in [-0.39, 0.29) is 17.1 Å².